The van der Waals surface area contributed by atoms with Crippen LogP contribution in [-0.2, 0) is 33.2 Å². The van der Waals surface area contributed by atoms with Gasteiger partial charge in [0.15, 0.2) is 12.6 Å². The summed E-state index contributed by atoms with van der Waals surface area (Å²) in [6, 6.07) is 0. The highest BCUT2D eigenvalue weighted by atomic mass is 16.7. The summed E-state index contributed by atoms with van der Waals surface area (Å²) in [5.74, 6) is -0.382. The van der Waals surface area contributed by atoms with Gasteiger partial charge in [0.2, 0.25) is 0 Å². The van der Waals surface area contributed by atoms with Crippen LogP contribution in [0, 0.1) is 0 Å². The Morgan fingerprint density at radius 1 is 0.478 bits per heavy atom. The first-order chi connectivity index (χ1) is 33.6. The molecule has 2 aliphatic heterocycles. The molecule has 69 heavy (non-hydrogen) atoms. The predicted molar refractivity (Wildman–Crippen MR) is 270 cm³/mol. The van der Waals surface area contributed by atoms with E-state index >= 15 is 0 Å². The van der Waals surface area contributed by atoms with E-state index in [0.717, 1.165) is 57.8 Å². The van der Waals surface area contributed by atoms with Crippen LogP contribution in [0.1, 0.15) is 206 Å². The number of carbonyl (C=O) groups excluding carboxylic acids is 1. The van der Waals surface area contributed by atoms with Crippen LogP contribution in [0.5, 0.6) is 0 Å². The van der Waals surface area contributed by atoms with E-state index < -0.39 is 80.7 Å². The Kier molecular flexibility index (Phi) is 39.2. The number of esters is 1. The second-order valence-corrected chi connectivity index (χ2v) is 19.4. The van der Waals surface area contributed by atoms with Crippen molar-refractivity contribution in [2.24, 2.45) is 0 Å². The van der Waals surface area contributed by atoms with Crippen LogP contribution in [0.25, 0.3) is 0 Å². The summed E-state index contributed by atoms with van der Waals surface area (Å²) in [6.07, 6.45) is 32.0. The monoisotopic (exact) mass is 985 g/mol. The van der Waals surface area contributed by atoms with E-state index in [4.69, 9.17) is 28.4 Å². The second-order valence-electron chi connectivity index (χ2n) is 19.4. The molecule has 0 aromatic heterocycles. The number of hydrogen-bond donors (Lipinski definition) is 7. The lowest BCUT2D eigenvalue weighted by atomic mass is 9.98. The highest BCUT2D eigenvalue weighted by Crippen LogP contribution is 2.26. The molecule has 0 aromatic carbocycles. The molecule has 0 radical (unpaired) electrons. The van der Waals surface area contributed by atoms with E-state index in [2.05, 4.69) is 50.3 Å². The molecule has 0 aliphatic carbocycles. The van der Waals surface area contributed by atoms with Crippen LogP contribution in [0.3, 0.4) is 0 Å². The Balaban J connectivity index is 1.73. The topological polar surface area (TPSA) is 214 Å². The number of ether oxygens (including phenoxy) is 6. The molecule has 11 atom stereocenters. The standard InChI is InChI=1S/C55H100O14/c1-3-5-7-9-11-13-15-17-19-20-21-22-23-24-25-26-28-30-32-34-36-38-47(57)67-44(41-64-39-37-35-33-31-29-27-18-16-14-12-10-8-6-4-2)42-65-54-53(63)51(61)49(59)46(69-54)43-66-55-52(62)50(60)48(58)45(40-56)68-55/h14-17,20-21,44-46,48-56,58-63H,3-13,18-19,22-43H2,1-2H3/b16-14-,17-15-,21-20-. The molecule has 0 aromatic rings. The zero-order valence-corrected chi connectivity index (χ0v) is 43.1. The van der Waals surface area contributed by atoms with Crippen molar-refractivity contribution in [1.82, 2.24) is 0 Å². The fourth-order valence-corrected chi connectivity index (χ4v) is 8.60. The highest BCUT2D eigenvalue weighted by Gasteiger charge is 2.47. The summed E-state index contributed by atoms with van der Waals surface area (Å²) in [7, 11) is 0. The van der Waals surface area contributed by atoms with E-state index in [9.17, 15) is 40.5 Å². The predicted octanol–water partition coefficient (Wildman–Crippen LogP) is 8.97. The first-order valence-corrected chi connectivity index (χ1v) is 27.6. The van der Waals surface area contributed by atoms with Crippen LogP contribution in [0.15, 0.2) is 36.5 Å². The normalized spacial score (nSPS) is 25.9. The molecule has 0 saturated carbocycles. The van der Waals surface area contributed by atoms with Crippen molar-refractivity contribution in [3.8, 4) is 0 Å². The SMILES string of the molecule is CCCCCC/C=C\CCCCCCCCOCC(COC1OC(COC2OC(CO)C(O)C(O)C2O)C(O)C(O)C1O)OC(=O)CCCCCCCCCCC/C=C\C/C=C\CCCCCCC. The lowest BCUT2D eigenvalue weighted by molar-refractivity contribution is -0.332. The molecule has 0 spiro atoms. The van der Waals surface area contributed by atoms with Gasteiger partial charge in [0.05, 0.1) is 26.4 Å². The van der Waals surface area contributed by atoms with Gasteiger partial charge in [-0.1, -0.05) is 166 Å². The average Bonchev–Trinajstić information content (AvgIpc) is 3.35. The van der Waals surface area contributed by atoms with Gasteiger partial charge in [-0.15, -0.1) is 0 Å². The van der Waals surface area contributed by atoms with E-state index in [1.54, 1.807) is 0 Å². The molecule has 2 heterocycles. The highest BCUT2D eigenvalue weighted by molar-refractivity contribution is 5.69. The number of aliphatic hydroxyl groups excluding tert-OH is 7. The molecule has 2 aliphatic rings. The van der Waals surface area contributed by atoms with Gasteiger partial charge in [0.25, 0.3) is 0 Å². The van der Waals surface area contributed by atoms with Crippen molar-refractivity contribution in [2.45, 2.75) is 274 Å². The number of aliphatic hydroxyl groups is 7. The number of allylic oxidation sites excluding steroid dienone is 6. The van der Waals surface area contributed by atoms with Gasteiger partial charge in [0.1, 0.15) is 54.9 Å². The minimum atomic E-state index is -1.71. The third-order valence-corrected chi connectivity index (χ3v) is 13.1. The molecule has 0 bridgehead atoms. The molecule has 14 heteroatoms. The lowest BCUT2D eigenvalue weighted by Crippen LogP contribution is -2.61. The zero-order valence-electron chi connectivity index (χ0n) is 43.1. The maximum Gasteiger partial charge on any atom is 0.306 e. The fourth-order valence-electron chi connectivity index (χ4n) is 8.60. The molecule has 14 nitrogen and oxygen atoms in total. The smallest absolute Gasteiger partial charge is 0.306 e. The third kappa shape index (κ3) is 30.1. The van der Waals surface area contributed by atoms with Crippen LogP contribution in [0.2, 0.25) is 0 Å². The average molecular weight is 985 g/mol. The number of hydrogen-bond acceptors (Lipinski definition) is 14. The Labute approximate surface area is 417 Å². The first-order valence-electron chi connectivity index (χ1n) is 27.6. The summed E-state index contributed by atoms with van der Waals surface area (Å²) < 4.78 is 34.3. The van der Waals surface area contributed by atoms with Crippen molar-refractivity contribution in [1.29, 1.82) is 0 Å². The summed E-state index contributed by atoms with van der Waals surface area (Å²) in [4.78, 5) is 13.0. The van der Waals surface area contributed by atoms with Gasteiger partial charge in [-0.25, -0.2) is 0 Å². The summed E-state index contributed by atoms with van der Waals surface area (Å²) in [5.41, 5.74) is 0. The quantitative estimate of drug-likeness (QED) is 0.0173. The van der Waals surface area contributed by atoms with Crippen molar-refractivity contribution >= 4 is 5.97 Å². The second kappa shape index (κ2) is 42.7. The van der Waals surface area contributed by atoms with E-state index in [1.165, 1.54) is 122 Å². The van der Waals surface area contributed by atoms with Gasteiger partial charge >= 0.3 is 5.97 Å². The van der Waals surface area contributed by atoms with E-state index in [0.29, 0.717) is 13.0 Å². The molecule has 0 amide bonds. The number of carbonyl (C=O) groups is 1. The summed E-state index contributed by atoms with van der Waals surface area (Å²) >= 11 is 0. The largest absolute Gasteiger partial charge is 0.457 e. The van der Waals surface area contributed by atoms with Crippen LogP contribution < -0.4 is 0 Å². The number of rotatable bonds is 44. The van der Waals surface area contributed by atoms with Crippen LogP contribution >= 0.6 is 0 Å². The maximum absolute atomic E-state index is 13.0. The van der Waals surface area contributed by atoms with Crippen molar-refractivity contribution < 1.29 is 69.0 Å². The van der Waals surface area contributed by atoms with Crippen molar-refractivity contribution in [3.05, 3.63) is 36.5 Å². The first kappa shape index (κ1) is 63.3. The van der Waals surface area contributed by atoms with Gasteiger partial charge in [-0.2, -0.15) is 0 Å². The Hall–Kier alpha value is -1.79. The van der Waals surface area contributed by atoms with Gasteiger partial charge in [0, 0.05) is 13.0 Å². The lowest BCUT2D eigenvalue weighted by Gasteiger charge is -2.42. The summed E-state index contributed by atoms with van der Waals surface area (Å²) in [6.45, 7) is 3.66. The van der Waals surface area contributed by atoms with E-state index in [-0.39, 0.29) is 25.6 Å². The van der Waals surface area contributed by atoms with Crippen LogP contribution in [-0.4, -0.2) is 142 Å². The molecular weight excluding hydrogens is 885 g/mol. The van der Waals surface area contributed by atoms with Crippen molar-refractivity contribution in [2.75, 3.05) is 33.0 Å². The zero-order chi connectivity index (χ0) is 50.2. The van der Waals surface area contributed by atoms with Gasteiger partial charge in [-0.3, -0.25) is 4.79 Å². The molecule has 404 valence electrons. The van der Waals surface area contributed by atoms with E-state index in [1.807, 2.05) is 0 Å². The molecule has 11 unspecified atom stereocenters. The fraction of sp³-hybridized carbons (Fsp3) is 0.873. The number of unbranched alkanes of at least 4 members (excludes halogenated alkanes) is 24. The molecule has 2 saturated heterocycles. The Morgan fingerprint density at radius 2 is 0.899 bits per heavy atom. The van der Waals surface area contributed by atoms with Gasteiger partial charge < -0.3 is 64.2 Å². The molecule has 2 rings (SSSR count). The maximum atomic E-state index is 13.0. The minimum absolute atomic E-state index is 0.0566. The molecule has 7 N–H and O–H groups in total. The Bertz CT molecular complexity index is 1280. The molecular formula is C55H100O14. The minimum Gasteiger partial charge on any atom is -0.457 e. The Morgan fingerprint density at radius 3 is 1.42 bits per heavy atom. The third-order valence-electron chi connectivity index (χ3n) is 13.1. The summed E-state index contributed by atoms with van der Waals surface area (Å²) in [5, 5.41) is 72.2. The van der Waals surface area contributed by atoms with Crippen LogP contribution in [0.4, 0.5) is 0 Å². The van der Waals surface area contributed by atoms with Gasteiger partial charge in [-0.05, 0) is 70.6 Å². The van der Waals surface area contributed by atoms with Crippen molar-refractivity contribution in [3.63, 3.8) is 0 Å². The molecule has 2 fully saturated rings.